The van der Waals surface area contributed by atoms with Gasteiger partial charge in [-0.2, -0.15) is 0 Å². The molecule has 1 aliphatic carbocycles. The van der Waals surface area contributed by atoms with Gasteiger partial charge in [-0.25, -0.2) is 0 Å². The molecule has 1 aliphatic rings. The largest absolute Gasteiger partial charge is 0.459 e. The van der Waals surface area contributed by atoms with Gasteiger partial charge in [0.2, 0.25) is 0 Å². The number of carbonyl (C=O) groups is 1. The molecule has 0 aromatic heterocycles. The Morgan fingerprint density at radius 3 is 2.73 bits per heavy atom. The molecule has 0 aromatic rings. The van der Waals surface area contributed by atoms with Crippen LogP contribution in [0.3, 0.4) is 0 Å². The summed E-state index contributed by atoms with van der Waals surface area (Å²) in [6.07, 6.45) is 4.16. The van der Waals surface area contributed by atoms with Crippen LogP contribution in [0.25, 0.3) is 0 Å². The lowest BCUT2D eigenvalue weighted by Crippen LogP contribution is -2.31. The molecular formula is C8H12O3. The average molecular weight is 156 g/mol. The molecule has 0 heterocycles. The van der Waals surface area contributed by atoms with Crippen molar-refractivity contribution < 1.29 is 14.6 Å². The summed E-state index contributed by atoms with van der Waals surface area (Å²) in [5.41, 5.74) is 0. The first-order valence-electron chi connectivity index (χ1n) is 3.70. The number of aliphatic hydroxyl groups excluding tert-OH is 1. The molecule has 1 N–H and O–H groups in total. The van der Waals surface area contributed by atoms with Crippen molar-refractivity contribution in [1.82, 2.24) is 0 Å². The number of hydrogen-bond donors (Lipinski definition) is 1. The number of carbonyl (C=O) groups excluding carboxylic acids is 1. The van der Waals surface area contributed by atoms with Crippen LogP contribution in [0.4, 0.5) is 0 Å². The Balaban J connectivity index is 2.44. The maximum atomic E-state index is 10.5. The van der Waals surface area contributed by atoms with Crippen molar-refractivity contribution in [2.45, 2.75) is 32.0 Å². The summed E-state index contributed by atoms with van der Waals surface area (Å²) >= 11 is 0. The molecule has 0 amide bonds. The molecule has 2 atom stereocenters. The summed E-state index contributed by atoms with van der Waals surface area (Å²) in [4.78, 5) is 10.5. The molecule has 0 saturated heterocycles. The van der Waals surface area contributed by atoms with Crippen molar-refractivity contribution in [3.05, 3.63) is 12.2 Å². The van der Waals surface area contributed by atoms with E-state index in [9.17, 15) is 9.90 Å². The Kier molecular flexibility index (Phi) is 2.65. The monoisotopic (exact) mass is 156 g/mol. The highest BCUT2D eigenvalue weighted by molar-refractivity contribution is 5.66. The number of hydrogen-bond acceptors (Lipinski definition) is 3. The van der Waals surface area contributed by atoms with E-state index in [1.165, 1.54) is 6.92 Å². The Morgan fingerprint density at radius 2 is 2.18 bits per heavy atom. The zero-order valence-corrected chi connectivity index (χ0v) is 6.49. The highest BCUT2D eigenvalue weighted by Gasteiger charge is 2.22. The first kappa shape index (κ1) is 8.27. The SMILES string of the molecule is CC(=O)O[C@H]1CC=CC[C@H]1O. The van der Waals surface area contributed by atoms with Gasteiger partial charge in [-0.1, -0.05) is 12.2 Å². The number of ether oxygens (including phenoxy) is 1. The first-order chi connectivity index (χ1) is 5.20. The lowest BCUT2D eigenvalue weighted by Gasteiger charge is -2.23. The fraction of sp³-hybridized carbons (Fsp3) is 0.625. The Hall–Kier alpha value is -0.830. The molecule has 0 aliphatic heterocycles. The van der Waals surface area contributed by atoms with Gasteiger partial charge in [-0.3, -0.25) is 4.79 Å². The smallest absolute Gasteiger partial charge is 0.303 e. The van der Waals surface area contributed by atoms with Crippen molar-refractivity contribution in [2.24, 2.45) is 0 Å². The molecule has 0 saturated carbocycles. The molecule has 0 spiro atoms. The number of esters is 1. The van der Waals surface area contributed by atoms with Crippen molar-refractivity contribution in [3.63, 3.8) is 0 Å². The van der Waals surface area contributed by atoms with Crippen LogP contribution in [0, 0.1) is 0 Å². The summed E-state index contributed by atoms with van der Waals surface area (Å²) < 4.78 is 4.86. The van der Waals surface area contributed by atoms with Crippen LogP contribution in [0.2, 0.25) is 0 Å². The molecule has 1 rings (SSSR count). The predicted molar refractivity (Wildman–Crippen MR) is 39.9 cm³/mol. The van der Waals surface area contributed by atoms with Crippen molar-refractivity contribution >= 4 is 5.97 Å². The van der Waals surface area contributed by atoms with Gasteiger partial charge in [-0.05, 0) is 6.42 Å². The van der Waals surface area contributed by atoms with E-state index in [2.05, 4.69) is 0 Å². The van der Waals surface area contributed by atoms with E-state index in [1.54, 1.807) is 0 Å². The maximum absolute atomic E-state index is 10.5. The van der Waals surface area contributed by atoms with Crippen molar-refractivity contribution in [1.29, 1.82) is 0 Å². The predicted octanol–water partition coefficient (Wildman–Crippen LogP) is 0.629. The fourth-order valence-corrected chi connectivity index (χ4v) is 1.11. The second-order valence-corrected chi connectivity index (χ2v) is 2.66. The lowest BCUT2D eigenvalue weighted by atomic mass is 10.0. The molecule has 0 unspecified atom stereocenters. The minimum Gasteiger partial charge on any atom is -0.459 e. The average Bonchev–Trinajstić information content (AvgIpc) is 1.93. The molecule has 0 aromatic carbocycles. The Bertz CT molecular complexity index is 174. The van der Waals surface area contributed by atoms with Gasteiger partial charge < -0.3 is 9.84 Å². The Morgan fingerprint density at radius 1 is 1.55 bits per heavy atom. The van der Waals surface area contributed by atoms with E-state index in [-0.39, 0.29) is 12.1 Å². The van der Waals surface area contributed by atoms with Gasteiger partial charge in [0.15, 0.2) is 0 Å². The summed E-state index contributed by atoms with van der Waals surface area (Å²) in [6.45, 7) is 1.35. The maximum Gasteiger partial charge on any atom is 0.303 e. The fourth-order valence-electron chi connectivity index (χ4n) is 1.11. The molecule has 62 valence electrons. The molecule has 0 fully saturated rings. The van der Waals surface area contributed by atoms with E-state index >= 15 is 0 Å². The second kappa shape index (κ2) is 3.53. The van der Waals surface area contributed by atoms with E-state index < -0.39 is 6.10 Å². The highest BCUT2D eigenvalue weighted by Crippen LogP contribution is 2.15. The highest BCUT2D eigenvalue weighted by atomic mass is 16.6. The molecule has 11 heavy (non-hydrogen) atoms. The topological polar surface area (TPSA) is 46.5 Å². The summed E-state index contributed by atoms with van der Waals surface area (Å²) in [5, 5.41) is 9.29. The van der Waals surface area contributed by atoms with E-state index in [1.807, 2.05) is 12.2 Å². The van der Waals surface area contributed by atoms with Gasteiger partial charge in [0.1, 0.15) is 6.10 Å². The van der Waals surface area contributed by atoms with E-state index in [0.29, 0.717) is 12.8 Å². The van der Waals surface area contributed by atoms with Crippen LogP contribution < -0.4 is 0 Å². The standard InChI is InChI=1S/C8H12O3/c1-6(9)11-8-5-3-2-4-7(8)10/h2-3,7-8,10H,4-5H2,1H3/t7-,8+/m1/s1. The van der Waals surface area contributed by atoms with Gasteiger partial charge in [0.05, 0.1) is 6.10 Å². The normalized spacial score (nSPS) is 30.0. The van der Waals surface area contributed by atoms with Crippen LogP contribution in [-0.4, -0.2) is 23.3 Å². The minimum atomic E-state index is -0.524. The van der Waals surface area contributed by atoms with Crippen LogP contribution in [0.15, 0.2) is 12.2 Å². The van der Waals surface area contributed by atoms with Gasteiger partial charge in [0.25, 0.3) is 0 Å². The summed E-state index contributed by atoms with van der Waals surface area (Å²) in [7, 11) is 0. The summed E-state index contributed by atoms with van der Waals surface area (Å²) in [5.74, 6) is -0.329. The van der Waals surface area contributed by atoms with Crippen molar-refractivity contribution in [3.8, 4) is 0 Å². The molecule has 3 nitrogen and oxygen atoms in total. The van der Waals surface area contributed by atoms with Crippen molar-refractivity contribution in [2.75, 3.05) is 0 Å². The summed E-state index contributed by atoms with van der Waals surface area (Å²) in [6, 6.07) is 0. The van der Waals surface area contributed by atoms with Gasteiger partial charge in [-0.15, -0.1) is 0 Å². The number of aliphatic hydroxyl groups is 1. The molecule has 3 heteroatoms. The third kappa shape index (κ3) is 2.35. The van der Waals surface area contributed by atoms with Crippen LogP contribution >= 0.6 is 0 Å². The third-order valence-corrected chi connectivity index (χ3v) is 1.66. The van der Waals surface area contributed by atoms with Crippen LogP contribution in [-0.2, 0) is 9.53 Å². The molecule has 0 bridgehead atoms. The van der Waals surface area contributed by atoms with E-state index in [4.69, 9.17) is 4.74 Å². The number of rotatable bonds is 1. The first-order valence-corrected chi connectivity index (χ1v) is 3.70. The quantitative estimate of drug-likeness (QED) is 0.447. The third-order valence-electron chi connectivity index (χ3n) is 1.66. The second-order valence-electron chi connectivity index (χ2n) is 2.66. The minimum absolute atomic E-state index is 0.329. The zero-order chi connectivity index (χ0) is 8.27. The van der Waals surface area contributed by atoms with Crippen LogP contribution in [0.1, 0.15) is 19.8 Å². The molecular weight excluding hydrogens is 144 g/mol. The van der Waals surface area contributed by atoms with Gasteiger partial charge >= 0.3 is 5.97 Å². The van der Waals surface area contributed by atoms with Crippen LogP contribution in [0.5, 0.6) is 0 Å². The van der Waals surface area contributed by atoms with Gasteiger partial charge in [0, 0.05) is 13.3 Å². The lowest BCUT2D eigenvalue weighted by molar-refractivity contribution is -0.152. The van der Waals surface area contributed by atoms with E-state index in [0.717, 1.165) is 0 Å². The Labute approximate surface area is 65.7 Å². The zero-order valence-electron chi connectivity index (χ0n) is 6.49. The molecule has 0 radical (unpaired) electrons.